The van der Waals surface area contributed by atoms with Crippen molar-refractivity contribution in [3.8, 4) is 0 Å². The average molecular weight is 161 g/mol. The Hall–Kier alpha value is -0.120. The van der Waals surface area contributed by atoms with Crippen LogP contribution in [0.25, 0.3) is 0 Å². The Balaban J connectivity index is 3.02. The van der Waals surface area contributed by atoms with Gasteiger partial charge in [0.25, 0.3) is 0 Å². The lowest BCUT2D eigenvalue weighted by Crippen LogP contribution is -2.14. The van der Waals surface area contributed by atoms with Crippen molar-refractivity contribution in [2.45, 2.75) is 39.2 Å². The summed E-state index contributed by atoms with van der Waals surface area (Å²) in [6, 6.07) is 0. The SMILES string of the molecule is CCCCC(C)OOCCN. The molecule has 1 unspecified atom stereocenters. The van der Waals surface area contributed by atoms with Gasteiger partial charge in [-0.1, -0.05) is 19.8 Å². The van der Waals surface area contributed by atoms with E-state index < -0.39 is 0 Å². The highest BCUT2D eigenvalue weighted by Crippen LogP contribution is 2.03. The first kappa shape index (κ1) is 10.9. The van der Waals surface area contributed by atoms with E-state index in [-0.39, 0.29) is 6.10 Å². The predicted molar refractivity (Wildman–Crippen MR) is 45.1 cm³/mol. The standard InChI is InChI=1S/C8H19NO2/c1-3-4-5-8(2)11-10-7-6-9/h8H,3-7,9H2,1-2H3. The number of unbranched alkanes of at least 4 members (excludes halogenated alkanes) is 1. The van der Waals surface area contributed by atoms with Gasteiger partial charge in [-0.3, -0.25) is 0 Å². The van der Waals surface area contributed by atoms with Gasteiger partial charge in [0.2, 0.25) is 0 Å². The van der Waals surface area contributed by atoms with Gasteiger partial charge in [0.05, 0.1) is 12.7 Å². The average Bonchev–Trinajstić information content (AvgIpc) is 2.01. The van der Waals surface area contributed by atoms with Gasteiger partial charge in [-0.05, 0) is 13.3 Å². The van der Waals surface area contributed by atoms with Crippen LogP contribution in [0.1, 0.15) is 33.1 Å². The van der Waals surface area contributed by atoms with Gasteiger partial charge in [-0.2, -0.15) is 0 Å². The van der Waals surface area contributed by atoms with Crippen molar-refractivity contribution >= 4 is 0 Å². The molecule has 0 amide bonds. The van der Waals surface area contributed by atoms with Crippen LogP contribution in [0.15, 0.2) is 0 Å². The first-order chi connectivity index (χ1) is 5.31. The molecule has 0 aliphatic carbocycles. The maximum absolute atomic E-state index is 5.21. The van der Waals surface area contributed by atoms with Crippen LogP contribution in [-0.2, 0) is 9.78 Å². The molecule has 0 aliphatic heterocycles. The van der Waals surface area contributed by atoms with E-state index in [1.165, 1.54) is 12.8 Å². The third kappa shape index (κ3) is 7.78. The fourth-order valence-corrected chi connectivity index (χ4v) is 0.752. The van der Waals surface area contributed by atoms with Crippen molar-refractivity contribution in [2.24, 2.45) is 5.73 Å². The monoisotopic (exact) mass is 161 g/mol. The van der Waals surface area contributed by atoms with E-state index in [2.05, 4.69) is 6.92 Å². The first-order valence-corrected chi connectivity index (χ1v) is 4.29. The van der Waals surface area contributed by atoms with E-state index in [9.17, 15) is 0 Å². The molecule has 0 aromatic heterocycles. The molecule has 3 heteroatoms. The van der Waals surface area contributed by atoms with E-state index >= 15 is 0 Å². The lowest BCUT2D eigenvalue weighted by atomic mass is 10.2. The number of nitrogens with two attached hydrogens (primary N) is 1. The summed E-state index contributed by atoms with van der Waals surface area (Å²) in [6.45, 7) is 5.16. The van der Waals surface area contributed by atoms with E-state index in [1.807, 2.05) is 6.92 Å². The van der Waals surface area contributed by atoms with Crippen molar-refractivity contribution in [3.05, 3.63) is 0 Å². The lowest BCUT2D eigenvalue weighted by Gasteiger charge is -2.09. The second-order valence-corrected chi connectivity index (χ2v) is 2.66. The molecule has 0 bridgehead atoms. The highest BCUT2D eigenvalue weighted by atomic mass is 17.2. The second-order valence-electron chi connectivity index (χ2n) is 2.66. The molecule has 1 atom stereocenters. The molecule has 0 aliphatic rings. The molecule has 0 rings (SSSR count). The van der Waals surface area contributed by atoms with Crippen LogP contribution in [0.3, 0.4) is 0 Å². The Morgan fingerprint density at radius 2 is 2.18 bits per heavy atom. The zero-order valence-corrected chi connectivity index (χ0v) is 7.51. The Morgan fingerprint density at radius 1 is 1.45 bits per heavy atom. The largest absolute Gasteiger partial charge is 0.328 e. The molecular formula is C8H19NO2. The smallest absolute Gasteiger partial charge is 0.0944 e. The summed E-state index contributed by atoms with van der Waals surface area (Å²) in [5.41, 5.74) is 5.21. The minimum Gasteiger partial charge on any atom is -0.328 e. The highest BCUT2D eigenvalue weighted by Gasteiger charge is 2.00. The zero-order valence-electron chi connectivity index (χ0n) is 7.51. The molecule has 0 radical (unpaired) electrons. The van der Waals surface area contributed by atoms with Gasteiger partial charge in [0.15, 0.2) is 0 Å². The minimum absolute atomic E-state index is 0.196. The van der Waals surface area contributed by atoms with Crippen LogP contribution in [0.4, 0.5) is 0 Å². The van der Waals surface area contributed by atoms with E-state index in [4.69, 9.17) is 15.5 Å². The minimum atomic E-state index is 0.196. The van der Waals surface area contributed by atoms with Crippen LogP contribution >= 0.6 is 0 Å². The Morgan fingerprint density at radius 3 is 2.73 bits per heavy atom. The normalized spacial score (nSPS) is 13.4. The highest BCUT2D eigenvalue weighted by molar-refractivity contribution is 4.46. The predicted octanol–water partition coefficient (Wildman–Crippen LogP) is 1.47. The van der Waals surface area contributed by atoms with Crippen molar-refractivity contribution in [1.29, 1.82) is 0 Å². The molecule has 0 heterocycles. The zero-order chi connectivity index (χ0) is 8.53. The summed E-state index contributed by atoms with van der Waals surface area (Å²) in [5.74, 6) is 0. The fourth-order valence-electron chi connectivity index (χ4n) is 0.752. The Bertz CT molecular complexity index is 78.5. The van der Waals surface area contributed by atoms with Gasteiger partial charge in [0, 0.05) is 6.54 Å². The van der Waals surface area contributed by atoms with Gasteiger partial charge in [0.1, 0.15) is 0 Å². The molecule has 0 saturated carbocycles. The molecular weight excluding hydrogens is 142 g/mol. The van der Waals surface area contributed by atoms with Gasteiger partial charge >= 0.3 is 0 Å². The fraction of sp³-hybridized carbons (Fsp3) is 1.00. The number of rotatable bonds is 7. The first-order valence-electron chi connectivity index (χ1n) is 4.29. The summed E-state index contributed by atoms with van der Waals surface area (Å²) in [4.78, 5) is 9.82. The lowest BCUT2D eigenvalue weighted by molar-refractivity contribution is -0.319. The summed E-state index contributed by atoms with van der Waals surface area (Å²) < 4.78 is 0. The summed E-state index contributed by atoms with van der Waals surface area (Å²) in [7, 11) is 0. The molecule has 0 fully saturated rings. The van der Waals surface area contributed by atoms with E-state index in [0.717, 1.165) is 6.42 Å². The van der Waals surface area contributed by atoms with Crippen LogP contribution in [-0.4, -0.2) is 19.3 Å². The molecule has 2 N–H and O–H groups in total. The Labute approximate surface area is 68.8 Å². The van der Waals surface area contributed by atoms with E-state index in [1.54, 1.807) is 0 Å². The van der Waals surface area contributed by atoms with Gasteiger partial charge < -0.3 is 5.73 Å². The number of hydrogen-bond acceptors (Lipinski definition) is 3. The van der Waals surface area contributed by atoms with Crippen LogP contribution < -0.4 is 5.73 Å². The van der Waals surface area contributed by atoms with Crippen molar-refractivity contribution < 1.29 is 9.78 Å². The maximum atomic E-state index is 5.21. The maximum Gasteiger partial charge on any atom is 0.0944 e. The molecule has 0 aromatic rings. The van der Waals surface area contributed by atoms with Crippen LogP contribution in [0.2, 0.25) is 0 Å². The Kier molecular flexibility index (Phi) is 7.89. The second kappa shape index (κ2) is 7.98. The van der Waals surface area contributed by atoms with Crippen molar-refractivity contribution in [1.82, 2.24) is 0 Å². The van der Waals surface area contributed by atoms with E-state index in [0.29, 0.717) is 13.2 Å². The molecule has 3 nitrogen and oxygen atoms in total. The topological polar surface area (TPSA) is 44.5 Å². The van der Waals surface area contributed by atoms with Gasteiger partial charge in [-0.15, -0.1) is 0 Å². The molecule has 0 saturated heterocycles. The number of hydrogen-bond donors (Lipinski definition) is 1. The van der Waals surface area contributed by atoms with Gasteiger partial charge in [-0.25, -0.2) is 9.78 Å². The quantitative estimate of drug-likeness (QED) is 0.349. The summed E-state index contributed by atoms with van der Waals surface area (Å²) in [5, 5.41) is 0. The summed E-state index contributed by atoms with van der Waals surface area (Å²) >= 11 is 0. The molecule has 11 heavy (non-hydrogen) atoms. The van der Waals surface area contributed by atoms with Crippen molar-refractivity contribution in [2.75, 3.05) is 13.2 Å². The molecule has 0 spiro atoms. The van der Waals surface area contributed by atoms with Crippen LogP contribution in [0.5, 0.6) is 0 Å². The summed E-state index contributed by atoms with van der Waals surface area (Å²) in [6.07, 6.45) is 3.64. The van der Waals surface area contributed by atoms with Crippen LogP contribution in [0, 0.1) is 0 Å². The van der Waals surface area contributed by atoms with Crippen molar-refractivity contribution in [3.63, 3.8) is 0 Å². The molecule has 68 valence electrons. The third-order valence-electron chi connectivity index (χ3n) is 1.40. The molecule has 0 aromatic carbocycles. The third-order valence-corrected chi connectivity index (χ3v) is 1.40.